The largest absolute Gasteiger partial charge is 0.312 e. The number of sulfonamides is 1. The van der Waals surface area contributed by atoms with Crippen LogP contribution in [0.25, 0.3) is 0 Å². The molecule has 2 rings (SSSR count). The molecule has 1 aliphatic heterocycles. The molecule has 0 saturated carbocycles. The lowest BCUT2D eigenvalue weighted by Gasteiger charge is -2.37. The van der Waals surface area contributed by atoms with E-state index in [0.717, 1.165) is 35.9 Å². The number of aryl methyl sites for hydroxylation is 1. The van der Waals surface area contributed by atoms with Gasteiger partial charge >= 0.3 is 0 Å². The summed E-state index contributed by atoms with van der Waals surface area (Å²) in [7, 11) is -1.35. The highest BCUT2D eigenvalue weighted by molar-refractivity contribution is 7.89. The number of hydrogen-bond acceptors (Lipinski definition) is 5. The summed E-state index contributed by atoms with van der Waals surface area (Å²) in [6.45, 7) is 9.68. The van der Waals surface area contributed by atoms with Crippen LogP contribution in [0.1, 0.15) is 23.6 Å². The third-order valence-corrected chi connectivity index (χ3v) is 7.15. The number of piperazine rings is 1. The average Bonchev–Trinajstić information content (AvgIpc) is 2.78. The lowest BCUT2D eigenvalue weighted by atomic mass is 10.2. The maximum Gasteiger partial charge on any atom is 0.244 e. The molecule has 7 heteroatoms. The quantitative estimate of drug-likeness (QED) is 0.888. The summed E-state index contributed by atoms with van der Waals surface area (Å²) < 4.78 is 27.5. The molecule has 1 atom stereocenters. The smallest absolute Gasteiger partial charge is 0.244 e. The van der Waals surface area contributed by atoms with Gasteiger partial charge in [0.2, 0.25) is 10.0 Å². The van der Waals surface area contributed by atoms with Crippen LogP contribution >= 0.6 is 11.3 Å². The molecule has 5 nitrogen and oxygen atoms in total. The molecular formula is C14H25N3O2S2. The summed E-state index contributed by atoms with van der Waals surface area (Å²) in [5, 5.41) is 3.25. The molecule has 1 aliphatic rings. The zero-order chi connectivity index (χ0) is 15.6. The van der Waals surface area contributed by atoms with Crippen molar-refractivity contribution in [2.75, 3.05) is 33.2 Å². The molecule has 1 fully saturated rings. The predicted molar refractivity (Wildman–Crippen MR) is 87.3 cm³/mol. The number of thiophene rings is 1. The Kier molecular flexibility index (Phi) is 5.43. The highest BCUT2D eigenvalue weighted by Crippen LogP contribution is 2.30. The fraction of sp³-hybridized carbons (Fsp3) is 0.714. The number of likely N-dealkylation sites (N-methyl/N-ethyl adjacent to an activating group) is 1. The van der Waals surface area contributed by atoms with Gasteiger partial charge in [0.1, 0.15) is 0 Å². The molecule has 1 N–H and O–H groups in total. The molecule has 0 aromatic carbocycles. The summed E-state index contributed by atoms with van der Waals surface area (Å²) >= 11 is 1.57. The first kappa shape index (κ1) is 16.9. The summed E-state index contributed by atoms with van der Waals surface area (Å²) in [4.78, 5) is 4.62. The fourth-order valence-corrected chi connectivity index (χ4v) is 5.91. The Hall–Kier alpha value is -0.470. The minimum absolute atomic E-state index is 0.0188. The molecule has 0 radical (unpaired) electrons. The monoisotopic (exact) mass is 331 g/mol. The van der Waals surface area contributed by atoms with Crippen LogP contribution in [0.4, 0.5) is 0 Å². The normalized spacial score (nSPS) is 21.8. The van der Waals surface area contributed by atoms with Crippen molar-refractivity contribution in [2.45, 2.75) is 38.3 Å². The highest BCUT2D eigenvalue weighted by atomic mass is 32.2. The zero-order valence-corrected chi connectivity index (χ0v) is 14.9. The van der Waals surface area contributed by atoms with Gasteiger partial charge in [-0.05, 0) is 33.5 Å². The minimum atomic E-state index is -3.38. The van der Waals surface area contributed by atoms with Crippen molar-refractivity contribution in [2.24, 2.45) is 0 Å². The van der Waals surface area contributed by atoms with Crippen LogP contribution in [-0.2, 0) is 16.6 Å². The SMILES string of the molecule is CCNCc1cc(S(=O)(=O)N2CCN(C)CC2C)c(C)s1. The first-order valence-corrected chi connectivity index (χ1v) is 9.62. The van der Waals surface area contributed by atoms with Crippen LogP contribution < -0.4 is 5.32 Å². The second-order valence-corrected chi connectivity index (χ2v) is 8.84. The van der Waals surface area contributed by atoms with Gasteiger partial charge in [0.05, 0.1) is 4.90 Å². The summed E-state index contributed by atoms with van der Waals surface area (Å²) in [5.41, 5.74) is 0. The van der Waals surface area contributed by atoms with Gasteiger partial charge in [-0.25, -0.2) is 8.42 Å². The van der Waals surface area contributed by atoms with Crippen molar-refractivity contribution in [1.82, 2.24) is 14.5 Å². The molecule has 0 aliphatic carbocycles. The Labute approximate surface area is 132 Å². The van der Waals surface area contributed by atoms with E-state index < -0.39 is 10.0 Å². The Morgan fingerprint density at radius 1 is 1.43 bits per heavy atom. The Balaban J connectivity index is 2.25. The van der Waals surface area contributed by atoms with E-state index in [1.54, 1.807) is 15.6 Å². The molecule has 1 saturated heterocycles. The van der Waals surface area contributed by atoms with Gasteiger partial charge in [-0.3, -0.25) is 0 Å². The highest BCUT2D eigenvalue weighted by Gasteiger charge is 2.34. The van der Waals surface area contributed by atoms with E-state index in [4.69, 9.17) is 0 Å². The van der Waals surface area contributed by atoms with Gasteiger partial charge < -0.3 is 10.2 Å². The van der Waals surface area contributed by atoms with E-state index in [1.165, 1.54) is 0 Å². The van der Waals surface area contributed by atoms with Crippen LogP contribution in [0.5, 0.6) is 0 Å². The third kappa shape index (κ3) is 3.65. The fourth-order valence-electron chi connectivity index (χ4n) is 2.72. The molecule has 21 heavy (non-hydrogen) atoms. The summed E-state index contributed by atoms with van der Waals surface area (Å²) in [6, 6.07) is 1.86. The van der Waals surface area contributed by atoms with E-state index in [0.29, 0.717) is 11.4 Å². The van der Waals surface area contributed by atoms with Crippen LogP contribution in [0, 0.1) is 6.92 Å². The van der Waals surface area contributed by atoms with E-state index in [9.17, 15) is 8.42 Å². The first-order valence-electron chi connectivity index (χ1n) is 7.36. The van der Waals surface area contributed by atoms with Gasteiger partial charge in [0.25, 0.3) is 0 Å². The molecule has 1 aromatic heterocycles. The average molecular weight is 332 g/mol. The third-order valence-electron chi connectivity index (χ3n) is 3.83. The molecular weight excluding hydrogens is 306 g/mol. The van der Waals surface area contributed by atoms with Crippen molar-refractivity contribution in [3.63, 3.8) is 0 Å². The van der Waals surface area contributed by atoms with Crippen LogP contribution in [0.3, 0.4) is 0 Å². The topological polar surface area (TPSA) is 52.7 Å². The van der Waals surface area contributed by atoms with Crippen LogP contribution in [0.15, 0.2) is 11.0 Å². The van der Waals surface area contributed by atoms with Gasteiger partial charge in [-0.1, -0.05) is 6.92 Å². The lowest BCUT2D eigenvalue weighted by molar-refractivity contribution is 0.170. The van der Waals surface area contributed by atoms with Crippen LogP contribution in [0.2, 0.25) is 0 Å². The van der Waals surface area contributed by atoms with Crippen molar-refractivity contribution < 1.29 is 8.42 Å². The molecule has 2 heterocycles. The second-order valence-electron chi connectivity index (χ2n) is 5.64. The van der Waals surface area contributed by atoms with Crippen molar-refractivity contribution >= 4 is 21.4 Å². The number of rotatable bonds is 5. The summed E-state index contributed by atoms with van der Waals surface area (Å²) in [5.74, 6) is 0. The molecule has 0 bridgehead atoms. The maximum absolute atomic E-state index is 12.9. The van der Waals surface area contributed by atoms with E-state index in [1.807, 2.05) is 33.9 Å². The van der Waals surface area contributed by atoms with Crippen LogP contribution in [-0.4, -0.2) is 56.9 Å². The van der Waals surface area contributed by atoms with E-state index >= 15 is 0 Å². The first-order chi connectivity index (χ1) is 9.86. The number of nitrogens with one attached hydrogen (secondary N) is 1. The zero-order valence-electron chi connectivity index (χ0n) is 13.2. The van der Waals surface area contributed by atoms with E-state index in [-0.39, 0.29) is 6.04 Å². The summed E-state index contributed by atoms with van der Waals surface area (Å²) in [6.07, 6.45) is 0. The lowest BCUT2D eigenvalue weighted by Crippen LogP contribution is -2.52. The Morgan fingerprint density at radius 2 is 2.14 bits per heavy atom. The van der Waals surface area contributed by atoms with Gasteiger partial charge in [-0.15, -0.1) is 11.3 Å². The molecule has 1 aromatic rings. The second kappa shape index (κ2) is 6.75. The molecule has 120 valence electrons. The van der Waals surface area contributed by atoms with E-state index in [2.05, 4.69) is 10.2 Å². The van der Waals surface area contributed by atoms with Crippen molar-refractivity contribution in [1.29, 1.82) is 0 Å². The van der Waals surface area contributed by atoms with Gasteiger partial charge in [0.15, 0.2) is 0 Å². The van der Waals surface area contributed by atoms with Crippen molar-refractivity contribution in [3.05, 3.63) is 15.8 Å². The molecule has 1 unspecified atom stereocenters. The molecule has 0 spiro atoms. The minimum Gasteiger partial charge on any atom is -0.312 e. The Morgan fingerprint density at radius 3 is 2.76 bits per heavy atom. The van der Waals surface area contributed by atoms with Gasteiger partial charge in [0, 0.05) is 42.0 Å². The Bertz CT molecular complexity index is 583. The predicted octanol–water partition coefficient (Wildman–Crippen LogP) is 1.49. The number of hydrogen-bond donors (Lipinski definition) is 1. The van der Waals surface area contributed by atoms with Crippen molar-refractivity contribution in [3.8, 4) is 0 Å². The standard InChI is InChI=1S/C14H25N3O2S2/c1-5-15-9-13-8-14(12(3)20-13)21(18,19)17-7-6-16(4)10-11(17)2/h8,11,15H,5-7,9-10H2,1-4H3. The molecule has 0 amide bonds. The number of nitrogens with zero attached hydrogens (tertiary/aromatic N) is 2. The maximum atomic E-state index is 12.9. The van der Waals surface area contributed by atoms with Gasteiger partial charge in [-0.2, -0.15) is 4.31 Å².